The van der Waals surface area contributed by atoms with E-state index in [1.54, 1.807) is 0 Å². The molecule has 21 heavy (non-hydrogen) atoms. The first-order valence-electron chi connectivity index (χ1n) is 7.42. The molecule has 0 aliphatic carbocycles. The molecule has 0 saturated carbocycles. The van der Waals surface area contributed by atoms with Gasteiger partial charge in [-0.2, -0.15) is 0 Å². The fourth-order valence-electron chi connectivity index (χ4n) is 2.35. The van der Waals surface area contributed by atoms with E-state index in [4.69, 9.17) is 4.74 Å². The number of benzene rings is 2. The maximum absolute atomic E-state index is 5.80. The van der Waals surface area contributed by atoms with Gasteiger partial charge >= 0.3 is 0 Å². The Morgan fingerprint density at radius 1 is 1.10 bits per heavy atom. The largest absolute Gasteiger partial charge is 0.486 e. The number of aromatic nitrogens is 2. The Morgan fingerprint density at radius 3 is 2.57 bits per heavy atom. The Labute approximate surface area is 125 Å². The second-order valence-electron chi connectivity index (χ2n) is 5.37. The van der Waals surface area contributed by atoms with E-state index in [1.165, 1.54) is 5.56 Å². The van der Waals surface area contributed by atoms with Crippen LogP contribution in [-0.2, 0) is 6.61 Å². The van der Waals surface area contributed by atoms with Crippen molar-refractivity contribution in [3.05, 3.63) is 59.9 Å². The number of hydrogen-bond donors (Lipinski definition) is 1. The molecule has 1 unspecified atom stereocenters. The first-order chi connectivity index (χ1) is 10.3. The highest BCUT2D eigenvalue weighted by molar-refractivity contribution is 5.74. The van der Waals surface area contributed by atoms with Gasteiger partial charge in [-0.1, -0.05) is 38.1 Å². The standard InChI is InChI=1S/C18H20N2O/c1-3-13(2)14-8-10-15(11-9-14)21-12-18-19-16-6-4-5-7-17(16)20-18/h4-11,13H,3,12H2,1-2H3,(H,19,20). The lowest BCUT2D eigenvalue weighted by Crippen LogP contribution is -1.98. The van der Waals surface area contributed by atoms with Gasteiger partial charge in [0.15, 0.2) is 0 Å². The van der Waals surface area contributed by atoms with E-state index in [-0.39, 0.29) is 0 Å². The van der Waals surface area contributed by atoms with Crippen LogP contribution in [0.2, 0.25) is 0 Å². The zero-order chi connectivity index (χ0) is 14.7. The Balaban J connectivity index is 1.67. The lowest BCUT2D eigenvalue weighted by Gasteiger charge is -2.10. The molecule has 3 rings (SSSR count). The summed E-state index contributed by atoms with van der Waals surface area (Å²) in [4.78, 5) is 7.77. The molecule has 3 nitrogen and oxygen atoms in total. The zero-order valence-electron chi connectivity index (χ0n) is 12.5. The summed E-state index contributed by atoms with van der Waals surface area (Å²) in [6.45, 7) is 4.90. The molecular weight excluding hydrogens is 260 g/mol. The zero-order valence-corrected chi connectivity index (χ0v) is 12.5. The lowest BCUT2D eigenvalue weighted by atomic mass is 9.99. The summed E-state index contributed by atoms with van der Waals surface area (Å²) in [5.41, 5.74) is 3.38. The number of nitrogens with zero attached hydrogens (tertiary/aromatic N) is 1. The number of H-pyrrole nitrogens is 1. The minimum Gasteiger partial charge on any atom is -0.486 e. The summed E-state index contributed by atoms with van der Waals surface area (Å²) in [6.07, 6.45) is 1.15. The van der Waals surface area contributed by atoms with E-state index in [1.807, 2.05) is 36.4 Å². The van der Waals surface area contributed by atoms with Crippen molar-refractivity contribution in [1.29, 1.82) is 0 Å². The SMILES string of the molecule is CCC(C)c1ccc(OCc2nc3ccccc3[nH]2)cc1. The molecule has 2 aromatic carbocycles. The minimum atomic E-state index is 0.456. The smallest absolute Gasteiger partial charge is 0.146 e. The number of rotatable bonds is 5. The summed E-state index contributed by atoms with van der Waals surface area (Å²) in [6, 6.07) is 16.3. The predicted molar refractivity (Wildman–Crippen MR) is 85.6 cm³/mol. The average Bonchev–Trinajstić information content (AvgIpc) is 2.95. The quantitative estimate of drug-likeness (QED) is 0.738. The molecule has 0 fully saturated rings. The summed E-state index contributed by atoms with van der Waals surface area (Å²) < 4.78 is 5.80. The van der Waals surface area contributed by atoms with Crippen LogP contribution >= 0.6 is 0 Å². The van der Waals surface area contributed by atoms with Gasteiger partial charge in [0.25, 0.3) is 0 Å². The van der Waals surface area contributed by atoms with Crippen molar-refractivity contribution in [1.82, 2.24) is 9.97 Å². The molecule has 0 radical (unpaired) electrons. The first-order valence-corrected chi connectivity index (χ1v) is 7.42. The number of imidazole rings is 1. The third kappa shape index (κ3) is 3.07. The van der Waals surface area contributed by atoms with E-state index >= 15 is 0 Å². The van der Waals surface area contributed by atoms with E-state index in [9.17, 15) is 0 Å². The van der Waals surface area contributed by atoms with Crippen LogP contribution in [0.4, 0.5) is 0 Å². The van der Waals surface area contributed by atoms with Crippen LogP contribution in [0, 0.1) is 0 Å². The van der Waals surface area contributed by atoms with Crippen molar-refractivity contribution < 1.29 is 4.74 Å². The molecule has 0 spiro atoms. The molecule has 0 amide bonds. The van der Waals surface area contributed by atoms with E-state index in [2.05, 4.69) is 35.9 Å². The second kappa shape index (κ2) is 6.00. The predicted octanol–water partition coefficient (Wildman–Crippen LogP) is 4.66. The molecule has 1 aromatic heterocycles. The molecule has 0 bridgehead atoms. The average molecular weight is 280 g/mol. The minimum absolute atomic E-state index is 0.456. The second-order valence-corrected chi connectivity index (χ2v) is 5.37. The van der Waals surface area contributed by atoms with Gasteiger partial charge in [-0.15, -0.1) is 0 Å². The van der Waals surface area contributed by atoms with Crippen molar-refractivity contribution >= 4 is 11.0 Å². The molecule has 3 aromatic rings. The Morgan fingerprint density at radius 2 is 1.86 bits per heavy atom. The molecular formula is C18H20N2O. The number of ether oxygens (including phenoxy) is 1. The number of para-hydroxylation sites is 2. The highest BCUT2D eigenvalue weighted by atomic mass is 16.5. The van der Waals surface area contributed by atoms with Crippen molar-refractivity contribution in [2.45, 2.75) is 32.8 Å². The van der Waals surface area contributed by atoms with Crippen LogP contribution in [0.3, 0.4) is 0 Å². The molecule has 1 atom stereocenters. The fourth-order valence-corrected chi connectivity index (χ4v) is 2.35. The summed E-state index contributed by atoms with van der Waals surface area (Å²) >= 11 is 0. The highest BCUT2D eigenvalue weighted by Gasteiger charge is 2.05. The third-order valence-electron chi connectivity index (χ3n) is 3.88. The van der Waals surface area contributed by atoms with Crippen molar-refractivity contribution in [2.75, 3.05) is 0 Å². The Bertz CT molecular complexity index is 682. The topological polar surface area (TPSA) is 37.9 Å². The summed E-state index contributed by atoms with van der Waals surface area (Å²) in [7, 11) is 0. The molecule has 108 valence electrons. The molecule has 1 heterocycles. The number of fused-ring (bicyclic) bond motifs is 1. The fraction of sp³-hybridized carbons (Fsp3) is 0.278. The van der Waals surface area contributed by atoms with Gasteiger partial charge in [-0.25, -0.2) is 4.98 Å². The van der Waals surface area contributed by atoms with Crippen LogP contribution in [0.1, 0.15) is 37.6 Å². The molecule has 3 heteroatoms. The highest BCUT2D eigenvalue weighted by Crippen LogP contribution is 2.22. The Kier molecular flexibility index (Phi) is 3.91. The third-order valence-corrected chi connectivity index (χ3v) is 3.88. The van der Waals surface area contributed by atoms with E-state index in [0.29, 0.717) is 12.5 Å². The maximum atomic E-state index is 5.80. The first kappa shape index (κ1) is 13.7. The number of nitrogens with one attached hydrogen (secondary N) is 1. The molecule has 0 saturated heterocycles. The van der Waals surface area contributed by atoms with Crippen LogP contribution in [0.5, 0.6) is 5.75 Å². The maximum Gasteiger partial charge on any atom is 0.146 e. The van der Waals surface area contributed by atoms with Crippen molar-refractivity contribution in [2.24, 2.45) is 0 Å². The number of aromatic amines is 1. The van der Waals surface area contributed by atoms with Crippen LogP contribution in [0.15, 0.2) is 48.5 Å². The van der Waals surface area contributed by atoms with Gasteiger partial charge < -0.3 is 9.72 Å². The van der Waals surface area contributed by atoms with Crippen LogP contribution in [0.25, 0.3) is 11.0 Å². The lowest BCUT2D eigenvalue weighted by molar-refractivity contribution is 0.297. The van der Waals surface area contributed by atoms with Gasteiger partial charge in [0.2, 0.25) is 0 Å². The van der Waals surface area contributed by atoms with Gasteiger partial charge in [0, 0.05) is 0 Å². The molecule has 0 aliphatic rings. The number of hydrogen-bond acceptors (Lipinski definition) is 2. The van der Waals surface area contributed by atoms with Crippen molar-refractivity contribution in [3.63, 3.8) is 0 Å². The van der Waals surface area contributed by atoms with E-state index < -0.39 is 0 Å². The van der Waals surface area contributed by atoms with Gasteiger partial charge in [0.05, 0.1) is 11.0 Å². The van der Waals surface area contributed by atoms with E-state index in [0.717, 1.165) is 29.0 Å². The van der Waals surface area contributed by atoms with Crippen LogP contribution in [-0.4, -0.2) is 9.97 Å². The monoisotopic (exact) mass is 280 g/mol. The summed E-state index contributed by atoms with van der Waals surface area (Å²) in [5, 5.41) is 0. The van der Waals surface area contributed by atoms with Crippen LogP contribution < -0.4 is 4.74 Å². The van der Waals surface area contributed by atoms with Gasteiger partial charge in [0.1, 0.15) is 18.2 Å². The van der Waals surface area contributed by atoms with Gasteiger partial charge in [-0.3, -0.25) is 0 Å². The Hall–Kier alpha value is -2.29. The molecule has 0 aliphatic heterocycles. The van der Waals surface area contributed by atoms with Crippen molar-refractivity contribution in [3.8, 4) is 5.75 Å². The normalized spacial score (nSPS) is 12.5. The van der Waals surface area contributed by atoms with Gasteiger partial charge in [-0.05, 0) is 42.2 Å². The summed E-state index contributed by atoms with van der Waals surface area (Å²) in [5.74, 6) is 2.32. The molecule has 1 N–H and O–H groups in total.